The normalized spacial score (nSPS) is 17.3. The molecule has 2 rings (SSSR count). The minimum Gasteiger partial charge on any atom is -0.369 e. The van der Waals surface area contributed by atoms with Gasteiger partial charge in [0.1, 0.15) is 0 Å². The zero-order valence-electron chi connectivity index (χ0n) is 18.6. The second-order valence-corrected chi connectivity index (χ2v) is 9.18. The van der Waals surface area contributed by atoms with Crippen LogP contribution in [0.3, 0.4) is 0 Å². The van der Waals surface area contributed by atoms with Crippen molar-refractivity contribution in [3.63, 3.8) is 0 Å². The van der Waals surface area contributed by atoms with Gasteiger partial charge in [-0.3, -0.25) is 9.59 Å². The standard InChI is InChI=1S/C25H40N2O2/c1-4-9-22(24(26)28)23(18-19(2)3)25(29)27-16-14-21(15-17-27)13-8-12-20-10-6-5-7-11-20/h5-7,10-11,19,21-23H,4,8-9,12-18H2,1-3H3,(H2,26,28). The SMILES string of the molecule is CCCC(C(N)=O)C(CC(C)C)C(=O)N1CCC(CCCc2ccccc2)CC1. The molecule has 0 aromatic heterocycles. The third-order valence-electron chi connectivity index (χ3n) is 6.34. The molecule has 4 heteroatoms. The number of hydrogen-bond acceptors (Lipinski definition) is 2. The first-order valence-electron chi connectivity index (χ1n) is 11.5. The minimum atomic E-state index is -0.335. The van der Waals surface area contributed by atoms with Crippen molar-refractivity contribution in [2.45, 2.75) is 72.1 Å². The van der Waals surface area contributed by atoms with Crippen molar-refractivity contribution in [2.75, 3.05) is 13.1 Å². The number of aryl methyl sites for hydroxylation is 1. The monoisotopic (exact) mass is 400 g/mol. The van der Waals surface area contributed by atoms with Gasteiger partial charge in [-0.05, 0) is 62.3 Å². The van der Waals surface area contributed by atoms with Gasteiger partial charge in [-0.2, -0.15) is 0 Å². The summed E-state index contributed by atoms with van der Waals surface area (Å²) in [4.78, 5) is 27.3. The van der Waals surface area contributed by atoms with Gasteiger partial charge in [-0.15, -0.1) is 0 Å². The number of carbonyl (C=O) groups is 2. The molecule has 1 aromatic carbocycles. The first kappa shape index (κ1) is 23.4. The van der Waals surface area contributed by atoms with E-state index >= 15 is 0 Å². The van der Waals surface area contributed by atoms with Crippen LogP contribution >= 0.6 is 0 Å². The van der Waals surface area contributed by atoms with Crippen LogP contribution in [0.2, 0.25) is 0 Å². The second kappa shape index (κ2) is 12.0. The third kappa shape index (κ3) is 7.49. The molecule has 29 heavy (non-hydrogen) atoms. The molecule has 0 saturated carbocycles. The fourth-order valence-corrected chi connectivity index (χ4v) is 4.71. The lowest BCUT2D eigenvalue weighted by atomic mass is 9.80. The Morgan fingerprint density at radius 1 is 1.10 bits per heavy atom. The smallest absolute Gasteiger partial charge is 0.226 e. The highest BCUT2D eigenvalue weighted by molar-refractivity contribution is 5.87. The van der Waals surface area contributed by atoms with Gasteiger partial charge in [0.05, 0.1) is 0 Å². The summed E-state index contributed by atoms with van der Waals surface area (Å²) in [7, 11) is 0. The van der Waals surface area contributed by atoms with E-state index in [0.717, 1.165) is 45.2 Å². The van der Waals surface area contributed by atoms with Gasteiger partial charge >= 0.3 is 0 Å². The molecule has 2 atom stereocenters. The van der Waals surface area contributed by atoms with Gasteiger partial charge < -0.3 is 10.6 Å². The predicted octanol–water partition coefficient (Wildman–Crippen LogP) is 4.81. The Balaban J connectivity index is 1.86. The molecule has 2 unspecified atom stereocenters. The van der Waals surface area contributed by atoms with E-state index in [1.807, 2.05) is 11.8 Å². The highest BCUT2D eigenvalue weighted by atomic mass is 16.2. The van der Waals surface area contributed by atoms with Crippen LogP contribution in [-0.4, -0.2) is 29.8 Å². The Morgan fingerprint density at radius 2 is 1.76 bits per heavy atom. The molecule has 0 bridgehead atoms. The van der Waals surface area contributed by atoms with Gasteiger partial charge in [0.2, 0.25) is 11.8 Å². The number of benzene rings is 1. The lowest BCUT2D eigenvalue weighted by molar-refractivity contribution is -0.143. The van der Waals surface area contributed by atoms with Gasteiger partial charge in [0.15, 0.2) is 0 Å². The third-order valence-corrected chi connectivity index (χ3v) is 6.34. The molecule has 162 valence electrons. The number of nitrogens with zero attached hydrogens (tertiary/aromatic N) is 1. The maximum absolute atomic E-state index is 13.3. The number of primary amides is 1. The van der Waals surface area contributed by atoms with Crippen LogP contribution in [-0.2, 0) is 16.0 Å². The molecular formula is C25H40N2O2. The van der Waals surface area contributed by atoms with Crippen molar-refractivity contribution in [1.29, 1.82) is 0 Å². The number of hydrogen-bond donors (Lipinski definition) is 1. The van der Waals surface area contributed by atoms with Crippen molar-refractivity contribution in [2.24, 2.45) is 29.4 Å². The summed E-state index contributed by atoms with van der Waals surface area (Å²) in [6.45, 7) is 7.92. The summed E-state index contributed by atoms with van der Waals surface area (Å²) in [6, 6.07) is 10.7. The predicted molar refractivity (Wildman–Crippen MR) is 119 cm³/mol. The van der Waals surface area contributed by atoms with Gasteiger partial charge in [-0.1, -0.05) is 57.5 Å². The van der Waals surface area contributed by atoms with E-state index in [1.54, 1.807) is 0 Å². The van der Waals surface area contributed by atoms with Crippen molar-refractivity contribution in [1.82, 2.24) is 4.90 Å². The first-order valence-corrected chi connectivity index (χ1v) is 11.5. The molecule has 1 aliphatic heterocycles. The highest BCUT2D eigenvalue weighted by Crippen LogP contribution is 2.30. The number of rotatable bonds is 11. The molecule has 0 aliphatic carbocycles. The Hall–Kier alpha value is -1.84. The van der Waals surface area contributed by atoms with Crippen LogP contribution in [0.25, 0.3) is 0 Å². The number of likely N-dealkylation sites (tertiary alicyclic amines) is 1. The molecule has 1 aromatic rings. The second-order valence-electron chi connectivity index (χ2n) is 9.18. The Morgan fingerprint density at radius 3 is 2.31 bits per heavy atom. The van der Waals surface area contributed by atoms with Crippen LogP contribution in [0, 0.1) is 23.7 Å². The molecule has 1 fully saturated rings. The van der Waals surface area contributed by atoms with E-state index in [-0.39, 0.29) is 23.7 Å². The maximum Gasteiger partial charge on any atom is 0.226 e. The van der Waals surface area contributed by atoms with Crippen molar-refractivity contribution >= 4 is 11.8 Å². The van der Waals surface area contributed by atoms with Gasteiger partial charge in [-0.25, -0.2) is 0 Å². The molecule has 0 spiro atoms. The Labute approximate surface area is 177 Å². The summed E-state index contributed by atoms with van der Waals surface area (Å²) in [5.41, 5.74) is 7.09. The zero-order chi connectivity index (χ0) is 21.2. The maximum atomic E-state index is 13.3. The average molecular weight is 401 g/mol. The van der Waals surface area contributed by atoms with Crippen molar-refractivity contribution in [3.05, 3.63) is 35.9 Å². The van der Waals surface area contributed by atoms with E-state index in [4.69, 9.17) is 5.73 Å². The quantitative estimate of drug-likeness (QED) is 0.579. The molecule has 2 amide bonds. The zero-order valence-corrected chi connectivity index (χ0v) is 18.6. The van der Waals surface area contributed by atoms with Crippen LogP contribution in [0.15, 0.2) is 30.3 Å². The number of piperidine rings is 1. The van der Waals surface area contributed by atoms with E-state index in [9.17, 15) is 9.59 Å². The number of nitrogens with two attached hydrogens (primary N) is 1. The summed E-state index contributed by atoms with van der Waals surface area (Å²) in [6.07, 6.45) is 8.03. The van der Waals surface area contributed by atoms with Crippen LogP contribution in [0.4, 0.5) is 0 Å². The van der Waals surface area contributed by atoms with E-state index in [2.05, 4.69) is 44.2 Å². The highest BCUT2D eigenvalue weighted by Gasteiger charge is 2.36. The van der Waals surface area contributed by atoms with Crippen molar-refractivity contribution in [3.8, 4) is 0 Å². The Bertz CT molecular complexity index is 621. The molecule has 1 heterocycles. The lowest BCUT2D eigenvalue weighted by Gasteiger charge is -2.36. The fourth-order valence-electron chi connectivity index (χ4n) is 4.71. The largest absolute Gasteiger partial charge is 0.369 e. The summed E-state index contributed by atoms with van der Waals surface area (Å²) in [5.74, 6) is 0.313. The molecule has 2 N–H and O–H groups in total. The first-order chi connectivity index (χ1) is 13.9. The summed E-state index contributed by atoms with van der Waals surface area (Å²) >= 11 is 0. The Kier molecular flexibility index (Phi) is 9.69. The molecular weight excluding hydrogens is 360 g/mol. The van der Waals surface area contributed by atoms with Gasteiger partial charge in [0, 0.05) is 24.9 Å². The van der Waals surface area contributed by atoms with E-state index in [0.29, 0.717) is 18.3 Å². The van der Waals surface area contributed by atoms with Gasteiger partial charge in [0.25, 0.3) is 0 Å². The molecule has 0 radical (unpaired) electrons. The summed E-state index contributed by atoms with van der Waals surface area (Å²) in [5, 5.41) is 0. The number of amides is 2. The van der Waals surface area contributed by atoms with Crippen LogP contribution in [0.1, 0.15) is 71.3 Å². The van der Waals surface area contributed by atoms with Crippen molar-refractivity contribution < 1.29 is 9.59 Å². The van der Waals surface area contributed by atoms with E-state index < -0.39 is 0 Å². The lowest BCUT2D eigenvalue weighted by Crippen LogP contribution is -2.46. The molecule has 4 nitrogen and oxygen atoms in total. The van der Waals surface area contributed by atoms with Crippen LogP contribution < -0.4 is 5.73 Å². The summed E-state index contributed by atoms with van der Waals surface area (Å²) < 4.78 is 0. The van der Waals surface area contributed by atoms with Crippen LogP contribution in [0.5, 0.6) is 0 Å². The molecule has 1 saturated heterocycles. The number of carbonyl (C=O) groups excluding carboxylic acids is 2. The van der Waals surface area contributed by atoms with E-state index in [1.165, 1.54) is 18.4 Å². The topological polar surface area (TPSA) is 63.4 Å². The average Bonchev–Trinajstić information content (AvgIpc) is 2.71. The minimum absolute atomic E-state index is 0.152. The molecule has 1 aliphatic rings. The fraction of sp³-hybridized carbons (Fsp3) is 0.680.